The molecule has 140 valence electrons. The minimum atomic E-state index is -0.473. The first-order chi connectivity index (χ1) is 12.5. The Morgan fingerprint density at radius 2 is 1.92 bits per heavy atom. The molecule has 1 unspecified atom stereocenters. The van der Waals surface area contributed by atoms with E-state index in [-0.39, 0.29) is 11.8 Å². The monoisotopic (exact) mass is 355 g/mol. The van der Waals surface area contributed by atoms with E-state index >= 15 is 0 Å². The summed E-state index contributed by atoms with van der Waals surface area (Å²) in [6.45, 7) is 6.04. The van der Waals surface area contributed by atoms with E-state index < -0.39 is 5.54 Å². The van der Waals surface area contributed by atoms with Crippen molar-refractivity contribution < 1.29 is 9.32 Å². The molecule has 1 aromatic carbocycles. The lowest BCUT2D eigenvalue weighted by molar-refractivity contribution is -0.124. The smallest absolute Gasteiger partial charge is 0.223 e. The van der Waals surface area contributed by atoms with E-state index in [0.29, 0.717) is 18.1 Å². The minimum absolute atomic E-state index is 0.0569. The molecule has 1 aliphatic carbocycles. The van der Waals surface area contributed by atoms with Crippen molar-refractivity contribution in [1.29, 1.82) is 0 Å². The van der Waals surface area contributed by atoms with Gasteiger partial charge in [-0.15, -0.1) is 0 Å². The van der Waals surface area contributed by atoms with Crippen LogP contribution in [0.5, 0.6) is 0 Å². The van der Waals surface area contributed by atoms with Gasteiger partial charge in [0.25, 0.3) is 0 Å². The van der Waals surface area contributed by atoms with E-state index in [2.05, 4.69) is 53.6 Å². The molecule has 0 aliphatic heterocycles. The normalized spacial score (nSPS) is 17.7. The Balaban J connectivity index is 1.69. The standard InChI is InChI=1S/C21H29N3O2/c1-4-17-8-10-18(11-9-17)15(2)14-19(25)23-21(12-6-5-7-13-21)20-22-16(3)26-24-20/h8-11,15H,4-7,12-14H2,1-3H3,(H,23,25). The number of nitrogens with one attached hydrogen (secondary N) is 1. The summed E-state index contributed by atoms with van der Waals surface area (Å²) < 4.78 is 5.18. The van der Waals surface area contributed by atoms with Crippen LogP contribution >= 0.6 is 0 Å². The van der Waals surface area contributed by atoms with E-state index in [1.54, 1.807) is 6.92 Å². The van der Waals surface area contributed by atoms with Crippen LogP contribution in [0.4, 0.5) is 0 Å². The molecule has 3 rings (SSSR count). The molecule has 26 heavy (non-hydrogen) atoms. The molecule has 1 fully saturated rings. The zero-order valence-corrected chi connectivity index (χ0v) is 16.0. The highest BCUT2D eigenvalue weighted by Crippen LogP contribution is 2.36. The Labute approximate surface area is 155 Å². The molecule has 0 spiro atoms. The zero-order chi connectivity index (χ0) is 18.6. The van der Waals surface area contributed by atoms with E-state index in [9.17, 15) is 4.79 Å². The Morgan fingerprint density at radius 3 is 2.50 bits per heavy atom. The van der Waals surface area contributed by atoms with E-state index in [0.717, 1.165) is 32.1 Å². The average molecular weight is 355 g/mol. The maximum atomic E-state index is 12.8. The number of amides is 1. The highest BCUT2D eigenvalue weighted by molar-refractivity contribution is 5.77. The topological polar surface area (TPSA) is 68.0 Å². The first-order valence-electron chi connectivity index (χ1n) is 9.73. The van der Waals surface area contributed by atoms with Crippen molar-refractivity contribution in [2.24, 2.45) is 0 Å². The maximum Gasteiger partial charge on any atom is 0.223 e. The van der Waals surface area contributed by atoms with Gasteiger partial charge in [-0.2, -0.15) is 4.98 Å². The third-order valence-corrected chi connectivity index (χ3v) is 5.49. The highest BCUT2D eigenvalue weighted by atomic mass is 16.5. The van der Waals surface area contributed by atoms with Gasteiger partial charge < -0.3 is 9.84 Å². The summed E-state index contributed by atoms with van der Waals surface area (Å²) in [6.07, 6.45) is 6.57. The number of aryl methyl sites for hydroxylation is 2. The van der Waals surface area contributed by atoms with Gasteiger partial charge in [-0.05, 0) is 36.3 Å². The van der Waals surface area contributed by atoms with Crippen molar-refractivity contribution in [3.8, 4) is 0 Å². The predicted octanol–water partition coefficient (Wildman–Crippen LogP) is 4.41. The van der Waals surface area contributed by atoms with Crippen LogP contribution in [0.25, 0.3) is 0 Å². The Hall–Kier alpha value is -2.17. The van der Waals surface area contributed by atoms with Gasteiger partial charge in [0.2, 0.25) is 11.8 Å². The lowest BCUT2D eigenvalue weighted by Gasteiger charge is -2.35. The second-order valence-electron chi connectivity index (χ2n) is 7.53. The molecule has 0 bridgehead atoms. The van der Waals surface area contributed by atoms with Gasteiger partial charge in [0.1, 0.15) is 5.54 Å². The second-order valence-corrected chi connectivity index (χ2v) is 7.53. The molecule has 0 radical (unpaired) electrons. The SMILES string of the molecule is CCc1ccc(C(C)CC(=O)NC2(c3noc(C)n3)CCCCC2)cc1. The average Bonchev–Trinajstić information content (AvgIpc) is 3.09. The Bertz CT molecular complexity index is 730. The molecular formula is C21H29N3O2. The van der Waals surface area contributed by atoms with Crippen molar-refractivity contribution in [1.82, 2.24) is 15.5 Å². The summed E-state index contributed by atoms with van der Waals surface area (Å²) in [5, 5.41) is 7.38. The minimum Gasteiger partial charge on any atom is -0.343 e. The third kappa shape index (κ3) is 4.14. The summed E-state index contributed by atoms with van der Waals surface area (Å²) in [6, 6.07) is 8.56. The fourth-order valence-corrected chi connectivity index (χ4v) is 3.85. The predicted molar refractivity (Wildman–Crippen MR) is 101 cm³/mol. The molecule has 1 N–H and O–H groups in total. The summed E-state index contributed by atoms with van der Waals surface area (Å²) in [7, 11) is 0. The van der Waals surface area contributed by atoms with Crippen LogP contribution in [0, 0.1) is 6.92 Å². The van der Waals surface area contributed by atoms with Gasteiger partial charge in [0.15, 0.2) is 5.82 Å². The first-order valence-corrected chi connectivity index (χ1v) is 9.73. The lowest BCUT2D eigenvalue weighted by Crippen LogP contribution is -2.48. The van der Waals surface area contributed by atoms with Crippen molar-refractivity contribution >= 4 is 5.91 Å². The van der Waals surface area contributed by atoms with Crippen LogP contribution in [-0.2, 0) is 16.8 Å². The number of rotatable bonds is 6. The molecule has 0 saturated heterocycles. The van der Waals surface area contributed by atoms with Crippen LogP contribution in [0.1, 0.15) is 81.1 Å². The first kappa shape index (κ1) is 18.6. The molecule has 1 saturated carbocycles. The molecule has 5 heteroatoms. The number of hydrogen-bond acceptors (Lipinski definition) is 4. The van der Waals surface area contributed by atoms with Crippen molar-refractivity contribution in [3.63, 3.8) is 0 Å². The quantitative estimate of drug-likeness (QED) is 0.833. The summed E-state index contributed by atoms with van der Waals surface area (Å²) in [5.41, 5.74) is 2.04. The van der Waals surface area contributed by atoms with Gasteiger partial charge in [-0.25, -0.2) is 0 Å². The molecule has 1 heterocycles. The van der Waals surface area contributed by atoms with E-state index in [1.165, 1.54) is 17.5 Å². The fraction of sp³-hybridized carbons (Fsp3) is 0.571. The number of aromatic nitrogens is 2. The van der Waals surface area contributed by atoms with Gasteiger partial charge in [0.05, 0.1) is 0 Å². The van der Waals surface area contributed by atoms with Gasteiger partial charge in [-0.1, -0.05) is 62.5 Å². The summed E-state index contributed by atoms with van der Waals surface area (Å²) in [5.74, 6) is 1.40. The van der Waals surface area contributed by atoms with Crippen LogP contribution in [0.15, 0.2) is 28.8 Å². The summed E-state index contributed by atoms with van der Waals surface area (Å²) >= 11 is 0. The number of hydrogen-bond donors (Lipinski definition) is 1. The number of nitrogens with zero attached hydrogens (tertiary/aromatic N) is 2. The molecular weight excluding hydrogens is 326 g/mol. The van der Waals surface area contributed by atoms with E-state index in [4.69, 9.17) is 4.52 Å². The molecule has 1 amide bonds. The second kappa shape index (κ2) is 8.02. The molecule has 2 aromatic rings. The highest BCUT2D eigenvalue weighted by Gasteiger charge is 2.39. The third-order valence-electron chi connectivity index (χ3n) is 5.49. The molecule has 5 nitrogen and oxygen atoms in total. The molecule has 1 aliphatic rings. The van der Waals surface area contributed by atoms with Gasteiger partial charge in [0, 0.05) is 13.3 Å². The number of carbonyl (C=O) groups is 1. The van der Waals surface area contributed by atoms with Crippen LogP contribution < -0.4 is 5.32 Å². The van der Waals surface area contributed by atoms with Crippen molar-refractivity contribution in [2.75, 3.05) is 0 Å². The maximum absolute atomic E-state index is 12.8. The number of benzene rings is 1. The van der Waals surface area contributed by atoms with E-state index in [1.807, 2.05) is 0 Å². The molecule has 1 aromatic heterocycles. The Kier molecular flexibility index (Phi) is 5.74. The lowest BCUT2D eigenvalue weighted by atomic mass is 9.80. The Morgan fingerprint density at radius 1 is 1.23 bits per heavy atom. The van der Waals surface area contributed by atoms with Crippen LogP contribution in [0.3, 0.4) is 0 Å². The largest absolute Gasteiger partial charge is 0.343 e. The van der Waals surface area contributed by atoms with Crippen molar-refractivity contribution in [2.45, 2.75) is 77.2 Å². The number of carbonyl (C=O) groups excluding carboxylic acids is 1. The van der Waals surface area contributed by atoms with Crippen molar-refractivity contribution in [3.05, 3.63) is 47.1 Å². The summed E-state index contributed by atoms with van der Waals surface area (Å²) in [4.78, 5) is 17.2. The van der Waals surface area contributed by atoms with Gasteiger partial charge >= 0.3 is 0 Å². The fourth-order valence-electron chi connectivity index (χ4n) is 3.85. The van der Waals surface area contributed by atoms with Crippen LogP contribution in [-0.4, -0.2) is 16.0 Å². The molecule has 1 atom stereocenters. The van der Waals surface area contributed by atoms with Crippen LogP contribution in [0.2, 0.25) is 0 Å². The van der Waals surface area contributed by atoms with Gasteiger partial charge in [-0.3, -0.25) is 4.79 Å². The zero-order valence-electron chi connectivity index (χ0n) is 16.0.